The molecular formula is C19H14FN3O2. The van der Waals surface area contributed by atoms with Gasteiger partial charge in [0, 0.05) is 23.4 Å². The van der Waals surface area contributed by atoms with Gasteiger partial charge in [0.15, 0.2) is 5.65 Å². The van der Waals surface area contributed by atoms with Crippen molar-refractivity contribution in [1.29, 1.82) is 0 Å². The van der Waals surface area contributed by atoms with E-state index in [1.165, 1.54) is 18.2 Å². The fourth-order valence-electron chi connectivity index (χ4n) is 2.72. The zero-order valence-electron chi connectivity index (χ0n) is 13.3. The number of hydrogen-bond acceptors (Lipinski definition) is 4. The Bertz CT molecular complexity index is 1060. The summed E-state index contributed by atoms with van der Waals surface area (Å²) in [6.45, 7) is 0. The quantitative estimate of drug-likeness (QED) is 0.616. The Hall–Kier alpha value is -3.41. The van der Waals surface area contributed by atoms with Crippen LogP contribution in [0, 0.1) is 5.82 Å². The third kappa shape index (κ3) is 2.67. The average molecular weight is 335 g/mol. The van der Waals surface area contributed by atoms with Gasteiger partial charge in [-0.2, -0.15) is 5.10 Å². The van der Waals surface area contributed by atoms with Gasteiger partial charge in [-0.25, -0.2) is 13.9 Å². The molecule has 0 spiro atoms. The highest BCUT2D eigenvalue weighted by Gasteiger charge is 2.13. The van der Waals surface area contributed by atoms with E-state index in [0.29, 0.717) is 16.9 Å². The van der Waals surface area contributed by atoms with E-state index in [-0.39, 0.29) is 5.75 Å². The van der Waals surface area contributed by atoms with Crippen LogP contribution in [0.1, 0.15) is 0 Å². The average Bonchev–Trinajstić information content (AvgIpc) is 3.08. The zero-order valence-corrected chi connectivity index (χ0v) is 13.3. The monoisotopic (exact) mass is 335 g/mol. The number of methoxy groups -OCH3 is 1. The Morgan fingerprint density at radius 2 is 1.84 bits per heavy atom. The molecule has 2 aromatic heterocycles. The molecule has 0 bridgehead atoms. The third-order valence-corrected chi connectivity index (χ3v) is 3.98. The highest BCUT2D eigenvalue weighted by molar-refractivity contribution is 5.71. The van der Waals surface area contributed by atoms with Crippen molar-refractivity contribution in [3.8, 4) is 34.0 Å². The van der Waals surface area contributed by atoms with E-state index in [1.807, 2.05) is 30.3 Å². The first kappa shape index (κ1) is 15.1. The molecule has 0 aliphatic rings. The second-order valence-electron chi connectivity index (χ2n) is 5.52. The fourth-order valence-corrected chi connectivity index (χ4v) is 2.72. The summed E-state index contributed by atoms with van der Waals surface area (Å²) >= 11 is 0. The van der Waals surface area contributed by atoms with Crippen molar-refractivity contribution in [3.05, 3.63) is 66.6 Å². The van der Waals surface area contributed by atoms with E-state index >= 15 is 0 Å². The van der Waals surface area contributed by atoms with Crippen LogP contribution in [0.2, 0.25) is 0 Å². The van der Waals surface area contributed by atoms with Gasteiger partial charge in [0.25, 0.3) is 0 Å². The van der Waals surface area contributed by atoms with Crippen LogP contribution in [0.4, 0.5) is 4.39 Å². The molecule has 6 heteroatoms. The molecule has 0 aliphatic carbocycles. The molecule has 0 saturated carbocycles. The first-order valence-electron chi connectivity index (χ1n) is 7.64. The number of aromatic hydroxyl groups is 1. The summed E-state index contributed by atoms with van der Waals surface area (Å²) < 4.78 is 20.4. The van der Waals surface area contributed by atoms with Gasteiger partial charge >= 0.3 is 0 Å². The Morgan fingerprint density at radius 1 is 1.04 bits per heavy atom. The van der Waals surface area contributed by atoms with Gasteiger partial charge in [0.2, 0.25) is 0 Å². The number of aromatic nitrogens is 3. The summed E-state index contributed by atoms with van der Waals surface area (Å²) in [5, 5.41) is 14.7. The smallest absolute Gasteiger partial charge is 0.156 e. The number of phenolic OH excluding ortho intramolecular Hbond substituents is 1. The Balaban J connectivity index is 1.87. The summed E-state index contributed by atoms with van der Waals surface area (Å²) in [6.07, 6.45) is 1.61. The van der Waals surface area contributed by atoms with Gasteiger partial charge in [-0.15, -0.1) is 0 Å². The SMILES string of the molecule is COc1ccc(-c2cc3nccc(-c4cc(F)ccc4O)n3n2)cc1. The minimum absolute atomic E-state index is 0.0182. The van der Waals surface area contributed by atoms with Gasteiger partial charge in [0.05, 0.1) is 18.5 Å². The van der Waals surface area contributed by atoms with E-state index in [0.717, 1.165) is 17.0 Å². The molecule has 124 valence electrons. The summed E-state index contributed by atoms with van der Waals surface area (Å²) in [5.74, 6) is 0.312. The first-order chi connectivity index (χ1) is 12.2. The largest absolute Gasteiger partial charge is 0.507 e. The molecule has 0 aliphatic heterocycles. The maximum atomic E-state index is 13.6. The van der Waals surface area contributed by atoms with Crippen LogP contribution in [0.3, 0.4) is 0 Å². The molecule has 4 aromatic rings. The summed E-state index contributed by atoms with van der Waals surface area (Å²) in [5.41, 5.74) is 3.14. The molecule has 0 amide bonds. The molecule has 1 N–H and O–H groups in total. The molecule has 2 aromatic carbocycles. The molecule has 0 atom stereocenters. The standard InChI is InChI=1S/C19H14FN3O2/c1-25-14-5-2-12(3-6-14)16-11-19-21-9-8-17(23(19)22-16)15-10-13(20)4-7-18(15)24/h2-11,24H,1H3. The fraction of sp³-hybridized carbons (Fsp3) is 0.0526. The van der Waals surface area contributed by atoms with Crippen molar-refractivity contribution in [2.75, 3.05) is 7.11 Å². The highest BCUT2D eigenvalue weighted by atomic mass is 19.1. The highest BCUT2D eigenvalue weighted by Crippen LogP contribution is 2.31. The van der Waals surface area contributed by atoms with Crippen molar-refractivity contribution in [2.45, 2.75) is 0 Å². The number of fused-ring (bicyclic) bond motifs is 1. The third-order valence-electron chi connectivity index (χ3n) is 3.98. The second-order valence-corrected chi connectivity index (χ2v) is 5.52. The maximum Gasteiger partial charge on any atom is 0.156 e. The van der Waals surface area contributed by atoms with Crippen LogP contribution < -0.4 is 4.74 Å². The van der Waals surface area contributed by atoms with Crippen LogP contribution in [-0.4, -0.2) is 26.8 Å². The van der Waals surface area contributed by atoms with Gasteiger partial charge in [0.1, 0.15) is 17.3 Å². The van der Waals surface area contributed by atoms with Crippen molar-refractivity contribution >= 4 is 5.65 Å². The summed E-state index contributed by atoms with van der Waals surface area (Å²) in [7, 11) is 1.61. The van der Waals surface area contributed by atoms with E-state index in [1.54, 1.807) is 23.9 Å². The van der Waals surface area contributed by atoms with Gasteiger partial charge in [-0.05, 0) is 48.5 Å². The predicted octanol–water partition coefficient (Wildman–Crippen LogP) is 3.92. The molecule has 0 saturated heterocycles. The molecule has 0 radical (unpaired) electrons. The number of ether oxygens (including phenoxy) is 1. The van der Waals surface area contributed by atoms with E-state index in [9.17, 15) is 9.50 Å². The van der Waals surface area contributed by atoms with Crippen LogP contribution >= 0.6 is 0 Å². The molecule has 5 nitrogen and oxygen atoms in total. The summed E-state index contributed by atoms with van der Waals surface area (Å²) in [6, 6.07) is 14.8. The van der Waals surface area contributed by atoms with E-state index in [2.05, 4.69) is 10.1 Å². The minimum Gasteiger partial charge on any atom is -0.507 e. The number of hydrogen-bond donors (Lipinski definition) is 1. The van der Waals surface area contributed by atoms with Gasteiger partial charge < -0.3 is 9.84 Å². The van der Waals surface area contributed by atoms with E-state index in [4.69, 9.17) is 4.74 Å². The first-order valence-corrected chi connectivity index (χ1v) is 7.64. The number of benzene rings is 2. The van der Waals surface area contributed by atoms with Crippen molar-refractivity contribution < 1.29 is 14.2 Å². The van der Waals surface area contributed by atoms with Crippen LogP contribution in [0.5, 0.6) is 11.5 Å². The minimum atomic E-state index is -0.430. The topological polar surface area (TPSA) is 59.7 Å². The summed E-state index contributed by atoms with van der Waals surface area (Å²) in [4.78, 5) is 4.30. The van der Waals surface area contributed by atoms with Crippen molar-refractivity contribution in [2.24, 2.45) is 0 Å². The lowest BCUT2D eigenvalue weighted by Crippen LogP contribution is -1.96. The molecule has 25 heavy (non-hydrogen) atoms. The van der Waals surface area contributed by atoms with Crippen LogP contribution in [0.15, 0.2) is 60.8 Å². The maximum absolute atomic E-state index is 13.6. The lowest BCUT2D eigenvalue weighted by atomic mass is 10.1. The second kappa shape index (κ2) is 5.90. The number of nitrogens with zero attached hydrogens (tertiary/aromatic N) is 3. The van der Waals surface area contributed by atoms with Crippen LogP contribution in [0.25, 0.3) is 28.2 Å². The Labute approximate surface area is 143 Å². The van der Waals surface area contributed by atoms with Gasteiger partial charge in [-0.3, -0.25) is 0 Å². The molecule has 2 heterocycles. The van der Waals surface area contributed by atoms with Crippen LogP contribution in [-0.2, 0) is 0 Å². The van der Waals surface area contributed by atoms with Crippen molar-refractivity contribution in [1.82, 2.24) is 14.6 Å². The lowest BCUT2D eigenvalue weighted by Gasteiger charge is -2.07. The molecule has 4 rings (SSSR count). The zero-order chi connectivity index (χ0) is 17.4. The predicted molar refractivity (Wildman–Crippen MR) is 92.0 cm³/mol. The lowest BCUT2D eigenvalue weighted by molar-refractivity contribution is 0.415. The number of halogens is 1. The van der Waals surface area contributed by atoms with Gasteiger partial charge in [-0.1, -0.05) is 0 Å². The number of rotatable bonds is 3. The molecular weight excluding hydrogens is 321 g/mol. The van der Waals surface area contributed by atoms with E-state index < -0.39 is 5.82 Å². The Morgan fingerprint density at radius 3 is 2.60 bits per heavy atom. The number of phenols is 1. The Kier molecular flexibility index (Phi) is 3.57. The normalized spacial score (nSPS) is 11.0. The molecule has 0 fully saturated rings. The van der Waals surface area contributed by atoms with Crippen molar-refractivity contribution in [3.63, 3.8) is 0 Å². The molecule has 0 unspecified atom stereocenters.